The number of ketones is 1. The molecule has 46 heavy (non-hydrogen) atoms. The maximum atomic E-state index is 15.0. The summed E-state index contributed by atoms with van der Waals surface area (Å²) >= 11 is 33.0. The number of nitrogens with zero attached hydrogens (tertiary/aromatic N) is 4. The van der Waals surface area contributed by atoms with E-state index < -0.39 is 12.1 Å². The van der Waals surface area contributed by atoms with Gasteiger partial charge in [0.1, 0.15) is 12.1 Å². The van der Waals surface area contributed by atoms with Gasteiger partial charge in [-0.25, -0.2) is 0 Å². The third-order valence-electron chi connectivity index (χ3n) is 8.14. The predicted molar refractivity (Wildman–Crippen MR) is 197 cm³/mol. The van der Waals surface area contributed by atoms with Gasteiger partial charge in [-0.05, 0) is 71.8 Å². The largest absolute Gasteiger partial charge is 0.295 e. The fourth-order valence-corrected chi connectivity index (χ4v) is 7.61. The minimum atomic E-state index is -0.559. The molecule has 0 N–H and O–H groups in total. The lowest BCUT2D eigenvalue weighted by atomic mass is 9.93. The topological polar surface area (TPSA) is 48.3 Å². The van der Waals surface area contributed by atoms with E-state index >= 15 is 0 Å². The molecule has 2 aliphatic heterocycles. The number of halogens is 6. The molecule has 0 aromatic heterocycles. The van der Waals surface area contributed by atoms with Crippen molar-refractivity contribution in [2.24, 2.45) is 10.2 Å². The number of carbonyl (C=O) groups excluding carboxylic acids is 1. The highest BCUT2D eigenvalue weighted by Gasteiger charge is 2.38. The van der Waals surface area contributed by atoms with Crippen LogP contribution in [-0.2, 0) is 17.6 Å². The molecule has 2 aliphatic rings. The van der Waals surface area contributed by atoms with Crippen molar-refractivity contribution in [3.05, 3.63) is 136 Å². The molecular formula is C35H28Br2Cl4N4O. The van der Waals surface area contributed by atoms with Crippen LogP contribution >= 0.6 is 78.3 Å². The highest BCUT2D eigenvalue weighted by Crippen LogP contribution is 2.30. The van der Waals surface area contributed by atoms with Gasteiger partial charge in [-0.15, -0.1) is 0 Å². The average molecular weight is 822 g/mol. The first-order chi connectivity index (χ1) is 22.1. The monoisotopic (exact) mass is 818 g/mol. The minimum absolute atomic E-state index is 0.0318. The van der Waals surface area contributed by atoms with E-state index in [0.29, 0.717) is 58.9 Å². The summed E-state index contributed by atoms with van der Waals surface area (Å²) in [6.07, 6.45) is 2.21. The first kappa shape index (κ1) is 33.5. The van der Waals surface area contributed by atoms with Gasteiger partial charge in [0, 0.05) is 78.9 Å². The maximum Gasteiger partial charge on any atom is 0.181 e. The zero-order valence-electron chi connectivity index (χ0n) is 24.4. The normalized spacial score (nSPS) is 16.0. The lowest BCUT2D eigenvalue weighted by molar-refractivity contribution is -0.129. The molecular weight excluding hydrogens is 794 g/mol. The highest BCUT2D eigenvalue weighted by atomic mass is 79.9. The van der Waals surface area contributed by atoms with E-state index in [1.807, 2.05) is 70.7 Å². The summed E-state index contributed by atoms with van der Waals surface area (Å²) in [6, 6.07) is 25.7. The zero-order chi connectivity index (χ0) is 32.4. The molecule has 0 spiro atoms. The van der Waals surface area contributed by atoms with E-state index in [1.54, 1.807) is 24.3 Å². The fourth-order valence-electron chi connectivity index (χ4n) is 5.92. The Labute approximate surface area is 305 Å². The molecule has 11 heteroatoms. The molecule has 4 aromatic rings. The van der Waals surface area contributed by atoms with Gasteiger partial charge in [0.25, 0.3) is 0 Å². The Balaban J connectivity index is 1.39. The van der Waals surface area contributed by atoms with E-state index in [4.69, 9.17) is 56.6 Å². The van der Waals surface area contributed by atoms with Crippen molar-refractivity contribution < 1.29 is 4.79 Å². The van der Waals surface area contributed by atoms with Crippen molar-refractivity contribution in [2.45, 2.75) is 37.8 Å². The van der Waals surface area contributed by atoms with Crippen LogP contribution in [0, 0.1) is 0 Å². The van der Waals surface area contributed by atoms with Gasteiger partial charge >= 0.3 is 0 Å². The number of hydrazone groups is 2. The van der Waals surface area contributed by atoms with Crippen LogP contribution in [0.4, 0.5) is 0 Å². The Kier molecular flexibility index (Phi) is 10.8. The van der Waals surface area contributed by atoms with Crippen LogP contribution in [0.15, 0.2) is 104 Å². The van der Waals surface area contributed by atoms with Gasteiger partial charge < -0.3 is 0 Å². The van der Waals surface area contributed by atoms with Crippen molar-refractivity contribution in [1.29, 1.82) is 0 Å². The average Bonchev–Trinajstić information content (AvgIpc) is 3.72. The molecule has 0 bridgehead atoms. The second-order valence-corrected chi connectivity index (χ2v) is 14.8. The predicted octanol–water partition coefficient (Wildman–Crippen LogP) is 10.1. The third-order valence-corrected chi connectivity index (χ3v) is 10.3. The van der Waals surface area contributed by atoms with E-state index in [0.717, 1.165) is 42.6 Å². The molecule has 0 amide bonds. The van der Waals surface area contributed by atoms with E-state index in [1.165, 1.54) is 0 Å². The molecule has 236 valence electrons. The standard InChI is InChI=1S/C35H28Br2Cl4N4O/c36-23-5-1-3-21(15-23)17-33(44-13-11-31(42-44)27-19-25(38)7-9-29(27)40)35(46)34(18-22-4-2-6-24(37)16-22)45-14-12-32(43-45)28-20-26(39)8-10-30(28)41/h1-10,15-16,19-20,33-34H,11-14,17-18H2. The summed E-state index contributed by atoms with van der Waals surface area (Å²) in [5.74, 6) is 0.0318. The molecule has 0 radical (unpaired) electrons. The summed E-state index contributed by atoms with van der Waals surface area (Å²) in [6.45, 7) is 1.14. The van der Waals surface area contributed by atoms with E-state index in [9.17, 15) is 4.79 Å². The Morgan fingerprint density at radius 2 is 1.09 bits per heavy atom. The summed E-state index contributed by atoms with van der Waals surface area (Å²) in [7, 11) is 0. The lowest BCUT2D eigenvalue weighted by Gasteiger charge is -2.32. The van der Waals surface area contributed by atoms with Crippen LogP contribution in [0.5, 0.6) is 0 Å². The first-order valence-electron chi connectivity index (χ1n) is 14.8. The molecule has 2 unspecified atom stereocenters. The minimum Gasteiger partial charge on any atom is -0.295 e. The summed E-state index contributed by atoms with van der Waals surface area (Å²) in [4.78, 5) is 15.0. The summed E-state index contributed by atoms with van der Waals surface area (Å²) in [5.41, 5.74) is 5.22. The first-order valence-corrected chi connectivity index (χ1v) is 17.9. The highest BCUT2D eigenvalue weighted by molar-refractivity contribution is 9.10. The number of Topliss-reactive ketones (excluding diaryl/α,β-unsaturated/α-hetero) is 1. The van der Waals surface area contributed by atoms with Crippen LogP contribution in [0.1, 0.15) is 35.1 Å². The second kappa shape index (κ2) is 14.8. The van der Waals surface area contributed by atoms with Gasteiger partial charge in [-0.3, -0.25) is 14.8 Å². The van der Waals surface area contributed by atoms with Gasteiger partial charge in [-0.2, -0.15) is 10.2 Å². The van der Waals surface area contributed by atoms with Crippen LogP contribution in [0.2, 0.25) is 20.1 Å². The fraction of sp³-hybridized carbons (Fsp3) is 0.229. The molecule has 0 saturated heterocycles. The molecule has 4 aromatic carbocycles. The zero-order valence-corrected chi connectivity index (χ0v) is 30.6. The molecule has 0 saturated carbocycles. The molecule has 2 heterocycles. The lowest BCUT2D eigenvalue weighted by Crippen LogP contribution is -2.49. The number of carbonyl (C=O) groups is 1. The van der Waals surface area contributed by atoms with Gasteiger partial charge in [0.15, 0.2) is 5.78 Å². The molecule has 0 fully saturated rings. The number of rotatable bonds is 10. The Morgan fingerprint density at radius 1 is 0.652 bits per heavy atom. The quantitative estimate of drug-likeness (QED) is 0.160. The third kappa shape index (κ3) is 7.83. The second-order valence-electron chi connectivity index (χ2n) is 11.3. The van der Waals surface area contributed by atoms with Crippen molar-refractivity contribution in [2.75, 3.05) is 13.1 Å². The van der Waals surface area contributed by atoms with Crippen molar-refractivity contribution in [3.8, 4) is 0 Å². The van der Waals surface area contributed by atoms with Gasteiger partial charge in [0.05, 0.1) is 11.4 Å². The number of hydrogen-bond donors (Lipinski definition) is 0. The van der Waals surface area contributed by atoms with Crippen molar-refractivity contribution >= 4 is 95.5 Å². The Hall–Kier alpha value is -2.39. The van der Waals surface area contributed by atoms with Crippen LogP contribution in [-0.4, -0.2) is 52.4 Å². The Bertz CT molecular complexity index is 1720. The smallest absolute Gasteiger partial charge is 0.181 e. The number of hydrogen-bond acceptors (Lipinski definition) is 5. The van der Waals surface area contributed by atoms with Crippen molar-refractivity contribution in [3.63, 3.8) is 0 Å². The van der Waals surface area contributed by atoms with Crippen LogP contribution in [0.3, 0.4) is 0 Å². The maximum absolute atomic E-state index is 15.0. The van der Waals surface area contributed by atoms with E-state index in [-0.39, 0.29) is 5.78 Å². The van der Waals surface area contributed by atoms with E-state index in [2.05, 4.69) is 31.9 Å². The van der Waals surface area contributed by atoms with Gasteiger partial charge in [-0.1, -0.05) is 103 Å². The number of benzene rings is 4. The van der Waals surface area contributed by atoms with Crippen molar-refractivity contribution in [1.82, 2.24) is 10.0 Å². The Morgan fingerprint density at radius 3 is 1.50 bits per heavy atom. The van der Waals surface area contributed by atoms with Crippen LogP contribution < -0.4 is 0 Å². The molecule has 2 atom stereocenters. The van der Waals surface area contributed by atoms with Crippen LogP contribution in [0.25, 0.3) is 0 Å². The molecule has 5 nitrogen and oxygen atoms in total. The molecule has 0 aliphatic carbocycles. The molecule has 6 rings (SSSR count). The van der Waals surface area contributed by atoms with Gasteiger partial charge in [0.2, 0.25) is 0 Å². The summed E-state index contributed by atoms with van der Waals surface area (Å²) in [5, 5.41) is 16.1. The summed E-state index contributed by atoms with van der Waals surface area (Å²) < 4.78 is 1.90. The SMILES string of the molecule is O=C(C(Cc1cccc(Br)c1)N1CCC(c2cc(Cl)ccc2Cl)=N1)C(Cc1cccc(Br)c1)N1CCC(c2cc(Cl)ccc2Cl)=N1.